The lowest BCUT2D eigenvalue weighted by molar-refractivity contribution is -0.122. The summed E-state index contributed by atoms with van der Waals surface area (Å²) in [5.41, 5.74) is 7.53. The minimum absolute atomic E-state index is 0.116. The second-order valence-corrected chi connectivity index (χ2v) is 7.66. The summed E-state index contributed by atoms with van der Waals surface area (Å²) in [6.45, 7) is 0.288. The van der Waals surface area contributed by atoms with Crippen molar-refractivity contribution in [3.8, 4) is 17.0 Å². The van der Waals surface area contributed by atoms with Crippen molar-refractivity contribution in [3.05, 3.63) is 47.6 Å². The molecule has 1 aromatic carbocycles. The first kappa shape index (κ1) is 19.6. The number of aromatic amines is 1. The normalized spacial score (nSPS) is 16.0. The Balaban J connectivity index is 1.42. The van der Waals surface area contributed by atoms with Gasteiger partial charge < -0.3 is 25.7 Å². The average molecular weight is 425 g/mol. The Morgan fingerprint density at radius 3 is 2.93 bits per heavy atom. The highest BCUT2D eigenvalue weighted by molar-refractivity contribution is 7.14. The van der Waals surface area contributed by atoms with Crippen molar-refractivity contribution in [2.45, 2.75) is 6.42 Å². The Labute approximate surface area is 175 Å². The highest BCUT2D eigenvalue weighted by Gasteiger charge is 2.35. The Kier molecular flexibility index (Phi) is 5.23. The Morgan fingerprint density at radius 1 is 1.37 bits per heavy atom. The molecule has 3 aromatic rings. The number of thiazole rings is 1. The summed E-state index contributed by atoms with van der Waals surface area (Å²) in [4.78, 5) is 45.1. The molecule has 0 radical (unpaired) electrons. The fourth-order valence-electron chi connectivity index (χ4n) is 3.27. The monoisotopic (exact) mass is 425 g/mol. The number of benzene rings is 1. The summed E-state index contributed by atoms with van der Waals surface area (Å²) < 4.78 is 5.20. The lowest BCUT2D eigenvalue weighted by atomic mass is 10.1. The van der Waals surface area contributed by atoms with Crippen LogP contribution in [0.4, 0.5) is 10.8 Å². The topological polar surface area (TPSA) is 130 Å². The van der Waals surface area contributed by atoms with Gasteiger partial charge in [0, 0.05) is 41.9 Å². The summed E-state index contributed by atoms with van der Waals surface area (Å²) in [6, 6.07) is 8.78. The maximum atomic E-state index is 12.7. The largest absolute Gasteiger partial charge is 0.497 e. The first-order valence-electron chi connectivity index (χ1n) is 9.14. The standard InChI is InChI=1S/C20H19N5O4S/c1-29-14-4-2-3-13(7-14)25-9-12(6-17(25)26)19(28)24-20-23-16(10-30-20)11-5-15(18(21)27)22-8-11/h2-5,7-8,10,12,22H,6,9H2,1H3,(H2,21,27)(H,23,24,28)/t12-/m0/s1. The zero-order valence-corrected chi connectivity index (χ0v) is 16.9. The number of anilines is 2. The van der Waals surface area contributed by atoms with Crippen LogP contribution in [0.25, 0.3) is 11.3 Å². The van der Waals surface area contributed by atoms with Crippen molar-refractivity contribution in [2.75, 3.05) is 23.9 Å². The van der Waals surface area contributed by atoms with Crippen LogP contribution in [0, 0.1) is 5.92 Å². The number of nitrogens with one attached hydrogen (secondary N) is 2. The number of hydrogen-bond donors (Lipinski definition) is 3. The minimum Gasteiger partial charge on any atom is -0.497 e. The van der Waals surface area contributed by atoms with E-state index in [0.717, 1.165) is 0 Å². The summed E-state index contributed by atoms with van der Waals surface area (Å²) in [5, 5.41) is 4.97. The summed E-state index contributed by atoms with van der Waals surface area (Å²) in [5.74, 6) is -0.773. The average Bonchev–Trinajstić information content (AvgIpc) is 3.47. The Bertz CT molecular complexity index is 1120. The van der Waals surface area contributed by atoms with Gasteiger partial charge in [-0.05, 0) is 18.2 Å². The molecule has 1 atom stereocenters. The van der Waals surface area contributed by atoms with Gasteiger partial charge in [0.05, 0.1) is 18.7 Å². The third-order valence-corrected chi connectivity index (χ3v) is 5.60. The van der Waals surface area contributed by atoms with Crippen LogP contribution < -0.4 is 20.7 Å². The van der Waals surface area contributed by atoms with E-state index in [1.165, 1.54) is 11.3 Å². The number of amides is 3. The molecule has 0 saturated carbocycles. The van der Waals surface area contributed by atoms with Gasteiger partial charge in [-0.2, -0.15) is 0 Å². The molecule has 4 N–H and O–H groups in total. The quantitative estimate of drug-likeness (QED) is 0.557. The third-order valence-electron chi connectivity index (χ3n) is 4.84. The van der Waals surface area contributed by atoms with Crippen LogP contribution >= 0.6 is 11.3 Å². The number of nitrogens with zero attached hydrogens (tertiary/aromatic N) is 2. The zero-order valence-electron chi connectivity index (χ0n) is 16.0. The van der Waals surface area contributed by atoms with Gasteiger partial charge in [0.2, 0.25) is 11.8 Å². The van der Waals surface area contributed by atoms with Crippen molar-refractivity contribution >= 4 is 39.9 Å². The fraction of sp³-hybridized carbons (Fsp3) is 0.200. The van der Waals surface area contributed by atoms with E-state index < -0.39 is 11.8 Å². The van der Waals surface area contributed by atoms with E-state index in [0.29, 0.717) is 27.8 Å². The van der Waals surface area contributed by atoms with Gasteiger partial charge in [-0.15, -0.1) is 11.3 Å². The van der Waals surface area contributed by atoms with Gasteiger partial charge in [-0.25, -0.2) is 4.98 Å². The van der Waals surface area contributed by atoms with Gasteiger partial charge >= 0.3 is 0 Å². The van der Waals surface area contributed by atoms with Gasteiger partial charge in [-0.1, -0.05) is 6.07 Å². The molecule has 3 heterocycles. The van der Waals surface area contributed by atoms with Crippen molar-refractivity contribution in [1.82, 2.24) is 9.97 Å². The van der Waals surface area contributed by atoms with Crippen molar-refractivity contribution in [1.29, 1.82) is 0 Å². The molecule has 3 amide bonds. The summed E-state index contributed by atoms with van der Waals surface area (Å²) in [7, 11) is 1.56. The maximum Gasteiger partial charge on any atom is 0.265 e. The molecule has 0 aliphatic carbocycles. The summed E-state index contributed by atoms with van der Waals surface area (Å²) >= 11 is 1.26. The molecular weight excluding hydrogens is 406 g/mol. The zero-order chi connectivity index (χ0) is 21.3. The minimum atomic E-state index is -0.559. The van der Waals surface area contributed by atoms with Crippen molar-refractivity contribution in [3.63, 3.8) is 0 Å². The molecule has 4 rings (SSSR count). The molecule has 0 spiro atoms. The van der Waals surface area contributed by atoms with Crippen LogP contribution in [0.3, 0.4) is 0 Å². The second-order valence-electron chi connectivity index (χ2n) is 6.80. The predicted octanol–water partition coefficient (Wildman–Crippen LogP) is 2.24. The number of aromatic nitrogens is 2. The molecule has 1 saturated heterocycles. The number of primary amides is 1. The number of ether oxygens (including phenoxy) is 1. The lowest BCUT2D eigenvalue weighted by Gasteiger charge is -2.17. The number of methoxy groups -OCH3 is 1. The van der Waals surface area contributed by atoms with Crippen LogP contribution in [-0.4, -0.2) is 41.3 Å². The number of H-pyrrole nitrogens is 1. The van der Waals surface area contributed by atoms with E-state index >= 15 is 0 Å². The predicted molar refractivity (Wildman–Crippen MR) is 113 cm³/mol. The van der Waals surface area contributed by atoms with Gasteiger partial charge in [-0.3, -0.25) is 14.4 Å². The maximum absolute atomic E-state index is 12.7. The van der Waals surface area contributed by atoms with Crippen molar-refractivity contribution < 1.29 is 19.1 Å². The molecule has 154 valence electrons. The smallest absolute Gasteiger partial charge is 0.265 e. The first-order chi connectivity index (χ1) is 14.4. The van der Waals surface area contributed by atoms with Gasteiger partial charge in [0.15, 0.2) is 5.13 Å². The molecule has 1 aliphatic rings. The van der Waals surface area contributed by atoms with Gasteiger partial charge in [0.1, 0.15) is 11.4 Å². The second kappa shape index (κ2) is 7.99. The van der Waals surface area contributed by atoms with Crippen LogP contribution in [-0.2, 0) is 9.59 Å². The molecule has 10 heteroatoms. The first-order valence-corrected chi connectivity index (χ1v) is 10.0. The molecular formula is C20H19N5O4S. The number of carbonyl (C=O) groups excluding carboxylic acids is 3. The SMILES string of the molecule is COc1cccc(N2C[C@@H](C(=O)Nc3nc(-c4c[nH]c(C(N)=O)c4)cs3)CC2=O)c1. The number of rotatable bonds is 6. The molecule has 1 fully saturated rings. The van der Waals surface area contributed by atoms with Crippen LogP contribution in [0.2, 0.25) is 0 Å². The molecule has 0 unspecified atom stereocenters. The highest BCUT2D eigenvalue weighted by Crippen LogP contribution is 2.30. The van der Waals surface area contributed by atoms with Gasteiger partial charge in [0.25, 0.3) is 5.91 Å². The molecule has 9 nitrogen and oxygen atoms in total. The molecule has 30 heavy (non-hydrogen) atoms. The Morgan fingerprint density at radius 2 is 2.20 bits per heavy atom. The van der Waals surface area contributed by atoms with E-state index in [2.05, 4.69) is 15.3 Å². The van der Waals surface area contributed by atoms with Crippen LogP contribution in [0.5, 0.6) is 5.75 Å². The molecule has 2 aromatic heterocycles. The highest BCUT2D eigenvalue weighted by atomic mass is 32.1. The lowest BCUT2D eigenvalue weighted by Crippen LogP contribution is -2.28. The van der Waals surface area contributed by atoms with Crippen LogP contribution in [0.15, 0.2) is 41.9 Å². The molecule has 0 bridgehead atoms. The summed E-state index contributed by atoms with van der Waals surface area (Å²) in [6.07, 6.45) is 1.75. The number of nitrogens with two attached hydrogens (primary N) is 1. The van der Waals surface area contributed by atoms with Crippen LogP contribution in [0.1, 0.15) is 16.9 Å². The fourth-order valence-corrected chi connectivity index (χ4v) is 3.99. The van der Waals surface area contributed by atoms with E-state index in [4.69, 9.17) is 10.5 Å². The number of carbonyl (C=O) groups is 3. The van der Waals surface area contributed by atoms with E-state index in [-0.39, 0.29) is 30.5 Å². The third kappa shape index (κ3) is 3.90. The van der Waals surface area contributed by atoms with E-state index in [9.17, 15) is 14.4 Å². The van der Waals surface area contributed by atoms with E-state index in [1.54, 1.807) is 47.9 Å². The Hall–Kier alpha value is -3.66. The van der Waals surface area contributed by atoms with E-state index in [1.807, 2.05) is 6.07 Å². The molecule has 1 aliphatic heterocycles. The van der Waals surface area contributed by atoms with Crippen molar-refractivity contribution in [2.24, 2.45) is 11.7 Å². The number of hydrogen-bond acceptors (Lipinski definition) is 6.